The average molecular weight is 929 g/mol. The molecular weight excluding hydrogens is 890 g/mol. The van der Waals surface area contributed by atoms with Gasteiger partial charge in [0, 0.05) is 61.8 Å². The lowest BCUT2D eigenvalue weighted by Gasteiger charge is -2.34. The van der Waals surface area contributed by atoms with Crippen LogP contribution in [0.5, 0.6) is 11.5 Å². The molecule has 2 aliphatic heterocycles. The predicted octanol–water partition coefficient (Wildman–Crippen LogP) is 2.25. The second-order valence-electron chi connectivity index (χ2n) is 13.8. The van der Waals surface area contributed by atoms with Crippen molar-refractivity contribution in [1.29, 1.82) is 0 Å². The number of hydrogen-bond donors (Lipinski definition) is 2. The average Bonchev–Trinajstić information content (AvgIpc) is 3.28. The Morgan fingerprint density at radius 2 is 0.909 bits per heavy atom. The summed E-state index contributed by atoms with van der Waals surface area (Å²) in [5, 5.41) is 40.3. The van der Waals surface area contributed by atoms with Crippen LogP contribution in [0, 0.1) is 20.2 Å². The summed E-state index contributed by atoms with van der Waals surface area (Å²) in [6.07, 6.45) is -1.95. The number of carboxylic acids is 2. The quantitative estimate of drug-likeness (QED) is 0.0902. The van der Waals surface area contributed by atoms with Gasteiger partial charge in [-0.25, -0.2) is 9.98 Å². The zero-order chi connectivity index (χ0) is 49.0. The van der Waals surface area contributed by atoms with Gasteiger partial charge >= 0.3 is 12.4 Å². The summed E-state index contributed by atoms with van der Waals surface area (Å²) in [4.78, 5) is 44.9. The minimum Gasteiger partial charge on any atom is -0.545 e. The maximum absolute atomic E-state index is 13.9. The molecule has 2 heterocycles. The van der Waals surface area contributed by atoms with Crippen LogP contribution in [0.2, 0.25) is 0 Å². The number of nitrogens with one attached hydrogen (secondary N) is 2. The van der Waals surface area contributed by atoms with Gasteiger partial charge in [0.1, 0.15) is 11.5 Å². The van der Waals surface area contributed by atoms with Crippen molar-refractivity contribution >= 4 is 46.9 Å². The standard InChI is InChI=1S/2C20H17F3N2O4.C4H4O4/c2*1-28-15-8-9-16-17(11-15)19(29-2,20(21,22)23)12-24-18(16)10-5-13-3-6-14(7-4-13)25(26)27;5-3(6)1-2-4(7)8/h2*3-11H,12H2,1-2H3;1-2H,(H,5,6)(H,7,8)/b;;2-1-. The van der Waals surface area contributed by atoms with Crippen molar-refractivity contribution in [2.24, 2.45) is 0 Å². The summed E-state index contributed by atoms with van der Waals surface area (Å²) in [7, 11) is 4.81. The highest BCUT2D eigenvalue weighted by atomic mass is 19.4. The molecule has 0 saturated carbocycles. The van der Waals surface area contributed by atoms with E-state index in [1.165, 1.54) is 62.8 Å². The van der Waals surface area contributed by atoms with E-state index < -0.39 is 58.4 Å². The highest BCUT2D eigenvalue weighted by molar-refractivity contribution is 6.09. The van der Waals surface area contributed by atoms with Crippen LogP contribution in [-0.2, 0) is 30.3 Å². The Kier molecular flexibility index (Phi) is 16.4. The van der Waals surface area contributed by atoms with E-state index in [2.05, 4.69) is 9.98 Å². The number of fused-ring (bicyclic) bond motifs is 2. The van der Waals surface area contributed by atoms with Crippen LogP contribution in [0.3, 0.4) is 0 Å². The number of halogens is 6. The van der Waals surface area contributed by atoms with Crippen LogP contribution in [0.15, 0.2) is 109 Å². The normalized spacial score (nSPS) is 17.8. The number of nitro benzene ring substituents is 2. The molecule has 0 aliphatic carbocycles. The van der Waals surface area contributed by atoms with Gasteiger partial charge in [-0.3, -0.25) is 20.2 Å². The highest BCUT2D eigenvalue weighted by Gasteiger charge is 2.63. The number of carboxylic acid groups (broad SMARTS) is 2. The number of ether oxygens (including phenoxy) is 4. The lowest BCUT2D eigenvalue weighted by molar-refractivity contribution is -0.506. The molecule has 0 aromatic heterocycles. The Hall–Kier alpha value is -7.72. The van der Waals surface area contributed by atoms with Gasteiger partial charge in [-0.1, -0.05) is 0 Å². The monoisotopic (exact) mass is 928 g/mol. The molecule has 2 aliphatic rings. The van der Waals surface area contributed by atoms with E-state index in [1.807, 2.05) is 0 Å². The van der Waals surface area contributed by atoms with Crippen molar-refractivity contribution < 1.29 is 84.9 Å². The largest absolute Gasteiger partial charge is 0.545 e. The molecular formula is C44H38F6N4O12. The van der Waals surface area contributed by atoms with Crippen molar-refractivity contribution in [2.75, 3.05) is 41.5 Å². The summed E-state index contributed by atoms with van der Waals surface area (Å²) < 4.78 is 104. The third-order valence-electron chi connectivity index (χ3n) is 10.0. The summed E-state index contributed by atoms with van der Waals surface area (Å²) in [6.45, 7) is -1.01. The fraction of sp³-hybridized carbons (Fsp3) is 0.227. The zero-order valence-electron chi connectivity index (χ0n) is 35.0. The van der Waals surface area contributed by atoms with Crippen LogP contribution < -0.4 is 29.7 Å². The first-order valence-corrected chi connectivity index (χ1v) is 18.8. The third kappa shape index (κ3) is 11.7. The van der Waals surface area contributed by atoms with Gasteiger partial charge in [0.05, 0.1) is 47.1 Å². The topological polar surface area (TPSA) is 231 Å². The van der Waals surface area contributed by atoms with E-state index in [-0.39, 0.29) is 34.0 Å². The van der Waals surface area contributed by atoms with Gasteiger partial charge in [-0.05, 0) is 96.1 Å². The molecule has 2 unspecified atom stereocenters. The molecule has 2 atom stereocenters. The molecule has 0 radical (unpaired) electrons. The van der Waals surface area contributed by atoms with Crippen molar-refractivity contribution in [2.45, 2.75) is 23.6 Å². The van der Waals surface area contributed by atoms with Crippen LogP contribution >= 0.6 is 0 Å². The van der Waals surface area contributed by atoms with E-state index >= 15 is 0 Å². The molecule has 4 aromatic rings. The number of hydrogen-bond acceptors (Lipinski definition) is 12. The molecule has 0 amide bonds. The maximum Gasteiger partial charge on any atom is 0.428 e. The number of benzene rings is 4. The first-order valence-electron chi connectivity index (χ1n) is 18.8. The molecule has 0 spiro atoms. The van der Waals surface area contributed by atoms with E-state index in [1.54, 1.807) is 60.7 Å². The fourth-order valence-corrected chi connectivity index (χ4v) is 6.57. The minimum absolute atomic E-state index is 0.0434. The molecule has 0 saturated heterocycles. The van der Waals surface area contributed by atoms with E-state index in [4.69, 9.17) is 18.9 Å². The minimum atomic E-state index is -4.65. The van der Waals surface area contributed by atoms with Gasteiger partial charge in [-0.2, -0.15) is 26.3 Å². The highest BCUT2D eigenvalue weighted by Crippen LogP contribution is 2.45. The van der Waals surface area contributed by atoms with Crippen LogP contribution in [0.1, 0.15) is 33.4 Å². The first kappa shape index (κ1) is 50.9. The molecule has 348 valence electrons. The summed E-state index contributed by atoms with van der Waals surface area (Å²) in [5.74, 6) is -2.52. The second-order valence-corrected chi connectivity index (χ2v) is 13.8. The number of rotatable bonds is 12. The van der Waals surface area contributed by atoms with Crippen LogP contribution in [0.4, 0.5) is 37.7 Å². The molecule has 0 fully saturated rings. The van der Waals surface area contributed by atoms with Crippen LogP contribution in [-0.4, -0.2) is 87.1 Å². The second kappa shape index (κ2) is 21.3. The molecule has 4 aromatic carbocycles. The SMILES string of the molecule is COc1ccc2c(c1)C(OC)(C(F)(F)F)C[NH+]=C2C=Cc1ccc([N+](=O)[O-])cc1.COc1ccc2c(c1)C(OC)(C(F)(F)F)C[NH+]=C2C=Cc1ccc([N+](=O)[O-])cc1.O=C([O-])/C=C\C(=O)[O-]. The summed E-state index contributed by atoms with van der Waals surface area (Å²) in [6, 6.07) is 20.5. The number of carbonyl (C=O) groups is 2. The zero-order valence-corrected chi connectivity index (χ0v) is 35.0. The number of allylic oxidation sites excluding steroid dienone is 2. The van der Waals surface area contributed by atoms with Crippen LogP contribution in [0.25, 0.3) is 12.2 Å². The van der Waals surface area contributed by atoms with Gasteiger partial charge in [0.15, 0.2) is 13.1 Å². The molecule has 6 rings (SSSR count). The first-order chi connectivity index (χ1) is 31.1. The maximum atomic E-state index is 13.9. The van der Waals surface area contributed by atoms with Crippen molar-refractivity contribution in [3.8, 4) is 11.5 Å². The Labute approximate surface area is 370 Å². The molecule has 2 N–H and O–H groups in total. The Bertz CT molecular complexity index is 2420. The third-order valence-corrected chi connectivity index (χ3v) is 10.0. The Balaban J connectivity index is 0.000000248. The van der Waals surface area contributed by atoms with Crippen molar-refractivity contribution in [3.63, 3.8) is 0 Å². The number of methoxy groups -OCH3 is 4. The number of aliphatic carboxylic acids is 2. The van der Waals surface area contributed by atoms with Crippen molar-refractivity contribution in [3.05, 3.63) is 163 Å². The number of nitro groups is 2. The van der Waals surface area contributed by atoms with E-state index in [0.29, 0.717) is 45.8 Å². The molecule has 0 bridgehead atoms. The predicted molar refractivity (Wildman–Crippen MR) is 219 cm³/mol. The van der Waals surface area contributed by atoms with Crippen molar-refractivity contribution in [1.82, 2.24) is 0 Å². The van der Waals surface area contributed by atoms with E-state index in [9.17, 15) is 66.4 Å². The fourth-order valence-electron chi connectivity index (χ4n) is 6.57. The number of carbonyl (C=O) groups excluding carboxylic acids is 2. The number of non-ortho nitro benzene ring substituents is 2. The van der Waals surface area contributed by atoms with Gasteiger partial charge < -0.3 is 38.7 Å². The molecule has 66 heavy (non-hydrogen) atoms. The molecule has 22 heteroatoms. The smallest absolute Gasteiger partial charge is 0.428 e. The molecule has 16 nitrogen and oxygen atoms in total. The Morgan fingerprint density at radius 3 is 1.17 bits per heavy atom. The summed E-state index contributed by atoms with van der Waals surface area (Å²) >= 11 is 0. The summed E-state index contributed by atoms with van der Waals surface area (Å²) in [5.41, 5.74) is -2.28. The number of nitrogens with zero attached hydrogens (tertiary/aromatic N) is 2. The number of alkyl halides is 6. The lowest BCUT2D eigenvalue weighted by atomic mass is 9.84. The lowest BCUT2D eigenvalue weighted by Crippen LogP contribution is -2.82. The van der Waals surface area contributed by atoms with E-state index in [0.717, 1.165) is 14.2 Å². The van der Waals surface area contributed by atoms with Gasteiger partial charge in [0.25, 0.3) is 11.4 Å². The van der Waals surface area contributed by atoms with Gasteiger partial charge in [-0.15, -0.1) is 0 Å². The Morgan fingerprint density at radius 1 is 0.576 bits per heavy atom. The van der Waals surface area contributed by atoms with Gasteiger partial charge in [0.2, 0.25) is 22.6 Å².